The number of hydrogen-bond acceptors (Lipinski definition) is 4. The van der Waals surface area contributed by atoms with Crippen molar-refractivity contribution in [2.24, 2.45) is 5.73 Å². The largest absolute Gasteiger partial charge is 0.495 e. The van der Waals surface area contributed by atoms with Gasteiger partial charge in [0.2, 0.25) is 0 Å². The van der Waals surface area contributed by atoms with Gasteiger partial charge in [-0.25, -0.2) is 0 Å². The average Bonchev–Trinajstić information content (AvgIpc) is 2.48. The van der Waals surface area contributed by atoms with E-state index in [0.29, 0.717) is 6.54 Å². The molecular formula is C15H23N3O. The summed E-state index contributed by atoms with van der Waals surface area (Å²) in [4.78, 5) is 4.83. The third kappa shape index (κ3) is 3.72. The summed E-state index contributed by atoms with van der Waals surface area (Å²) in [5, 5.41) is 0. The summed E-state index contributed by atoms with van der Waals surface area (Å²) in [6.45, 7) is 5.85. The summed E-state index contributed by atoms with van der Waals surface area (Å²) in [6, 6.07) is 8.22. The van der Waals surface area contributed by atoms with Crippen molar-refractivity contribution in [2.75, 3.05) is 51.3 Å². The summed E-state index contributed by atoms with van der Waals surface area (Å²) in [7, 11) is 1.73. The highest BCUT2D eigenvalue weighted by molar-refractivity contribution is 5.58. The van der Waals surface area contributed by atoms with Gasteiger partial charge in [0, 0.05) is 39.3 Å². The number of ether oxygens (including phenoxy) is 1. The second kappa shape index (κ2) is 7.16. The highest BCUT2D eigenvalue weighted by atomic mass is 16.5. The van der Waals surface area contributed by atoms with Crippen LogP contribution in [0.2, 0.25) is 0 Å². The average molecular weight is 261 g/mol. The number of nitrogens with two attached hydrogens (primary N) is 1. The van der Waals surface area contributed by atoms with Gasteiger partial charge in [-0.1, -0.05) is 24.3 Å². The SMILES string of the molecule is COc1ccccc1N1CCN(C/C=C\CN)CC1. The van der Waals surface area contributed by atoms with Crippen molar-refractivity contribution in [3.63, 3.8) is 0 Å². The maximum atomic E-state index is 5.45. The zero-order chi connectivity index (χ0) is 13.5. The Balaban J connectivity index is 1.90. The minimum absolute atomic E-state index is 0.626. The molecule has 0 atom stereocenters. The molecule has 0 saturated carbocycles. The minimum atomic E-state index is 0.626. The van der Waals surface area contributed by atoms with Crippen LogP contribution in [0.25, 0.3) is 0 Å². The normalized spacial score (nSPS) is 17.1. The van der Waals surface area contributed by atoms with Crippen LogP contribution in [0.15, 0.2) is 36.4 Å². The molecule has 0 spiro atoms. The van der Waals surface area contributed by atoms with Crippen LogP contribution >= 0.6 is 0 Å². The number of anilines is 1. The molecule has 4 heteroatoms. The van der Waals surface area contributed by atoms with Gasteiger partial charge in [-0.15, -0.1) is 0 Å². The molecule has 2 N–H and O–H groups in total. The number of hydrogen-bond donors (Lipinski definition) is 1. The van der Waals surface area contributed by atoms with Gasteiger partial charge in [-0.2, -0.15) is 0 Å². The number of benzene rings is 1. The van der Waals surface area contributed by atoms with Gasteiger partial charge in [0.05, 0.1) is 12.8 Å². The summed E-state index contributed by atoms with van der Waals surface area (Å²) >= 11 is 0. The minimum Gasteiger partial charge on any atom is -0.495 e. The molecule has 0 aliphatic carbocycles. The monoisotopic (exact) mass is 261 g/mol. The molecule has 1 heterocycles. The molecule has 1 aromatic rings. The van der Waals surface area contributed by atoms with E-state index in [2.05, 4.69) is 28.0 Å². The number of para-hydroxylation sites is 2. The van der Waals surface area contributed by atoms with Crippen LogP contribution < -0.4 is 15.4 Å². The standard InChI is InChI=1S/C15H23N3O/c1-19-15-7-3-2-6-14(15)18-12-10-17(11-13-18)9-5-4-8-16/h2-7H,8-13,16H2,1H3/b5-4-. The molecule has 0 unspecified atom stereocenters. The predicted octanol–water partition coefficient (Wildman–Crippen LogP) is 1.33. The molecule has 1 aliphatic heterocycles. The van der Waals surface area contributed by atoms with E-state index in [1.807, 2.05) is 18.2 Å². The molecule has 0 amide bonds. The van der Waals surface area contributed by atoms with Crippen LogP contribution in [-0.2, 0) is 0 Å². The van der Waals surface area contributed by atoms with Crippen molar-refractivity contribution in [3.8, 4) is 5.75 Å². The maximum Gasteiger partial charge on any atom is 0.142 e. The lowest BCUT2D eigenvalue weighted by molar-refractivity contribution is 0.282. The van der Waals surface area contributed by atoms with Crippen LogP contribution in [-0.4, -0.2) is 51.3 Å². The fraction of sp³-hybridized carbons (Fsp3) is 0.467. The molecule has 1 fully saturated rings. The molecule has 1 aliphatic rings. The van der Waals surface area contributed by atoms with E-state index in [0.717, 1.165) is 38.5 Å². The molecule has 0 radical (unpaired) electrons. The van der Waals surface area contributed by atoms with Gasteiger partial charge in [0.25, 0.3) is 0 Å². The first-order chi connectivity index (χ1) is 9.35. The van der Waals surface area contributed by atoms with E-state index in [1.54, 1.807) is 7.11 Å². The number of methoxy groups -OCH3 is 1. The Hall–Kier alpha value is -1.52. The third-order valence-electron chi connectivity index (χ3n) is 3.46. The fourth-order valence-corrected chi connectivity index (χ4v) is 2.38. The quantitative estimate of drug-likeness (QED) is 0.812. The van der Waals surface area contributed by atoms with Gasteiger partial charge >= 0.3 is 0 Å². The first-order valence-electron chi connectivity index (χ1n) is 6.80. The molecule has 1 saturated heterocycles. The Bertz CT molecular complexity index is 412. The lowest BCUT2D eigenvalue weighted by atomic mass is 10.2. The smallest absolute Gasteiger partial charge is 0.142 e. The molecule has 1 aromatic carbocycles. The van der Waals surface area contributed by atoms with Crippen LogP contribution in [0, 0.1) is 0 Å². The van der Waals surface area contributed by atoms with E-state index in [4.69, 9.17) is 10.5 Å². The maximum absolute atomic E-state index is 5.45. The molecular weight excluding hydrogens is 238 g/mol. The molecule has 0 aromatic heterocycles. The van der Waals surface area contributed by atoms with Crippen molar-refractivity contribution < 1.29 is 4.74 Å². The molecule has 4 nitrogen and oxygen atoms in total. The van der Waals surface area contributed by atoms with Gasteiger partial charge in [-0.05, 0) is 12.1 Å². The van der Waals surface area contributed by atoms with Gasteiger partial charge in [-0.3, -0.25) is 4.90 Å². The van der Waals surface area contributed by atoms with Crippen molar-refractivity contribution in [3.05, 3.63) is 36.4 Å². The van der Waals surface area contributed by atoms with E-state index >= 15 is 0 Å². The zero-order valence-corrected chi connectivity index (χ0v) is 11.6. The van der Waals surface area contributed by atoms with E-state index in [-0.39, 0.29) is 0 Å². The first kappa shape index (κ1) is 13.9. The third-order valence-corrected chi connectivity index (χ3v) is 3.46. The van der Waals surface area contributed by atoms with Crippen molar-refractivity contribution in [1.82, 2.24) is 4.90 Å². The Morgan fingerprint density at radius 1 is 1.16 bits per heavy atom. The highest BCUT2D eigenvalue weighted by Crippen LogP contribution is 2.28. The molecule has 0 bridgehead atoms. The Morgan fingerprint density at radius 3 is 2.58 bits per heavy atom. The number of rotatable bonds is 5. The van der Waals surface area contributed by atoms with Crippen LogP contribution in [0.4, 0.5) is 5.69 Å². The van der Waals surface area contributed by atoms with Crippen LogP contribution in [0.5, 0.6) is 5.75 Å². The van der Waals surface area contributed by atoms with Crippen molar-refractivity contribution in [2.45, 2.75) is 0 Å². The number of nitrogens with zero attached hydrogens (tertiary/aromatic N) is 2. The second-order valence-corrected chi connectivity index (χ2v) is 4.67. The van der Waals surface area contributed by atoms with E-state index < -0.39 is 0 Å². The van der Waals surface area contributed by atoms with Crippen LogP contribution in [0.3, 0.4) is 0 Å². The lowest BCUT2D eigenvalue weighted by Gasteiger charge is -2.36. The lowest BCUT2D eigenvalue weighted by Crippen LogP contribution is -2.46. The van der Waals surface area contributed by atoms with E-state index in [9.17, 15) is 0 Å². The molecule has 2 rings (SSSR count). The highest BCUT2D eigenvalue weighted by Gasteiger charge is 2.18. The number of piperazine rings is 1. The molecule has 104 valence electrons. The molecule has 19 heavy (non-hydrogen) atoms. The summed E-state index contributed by atoms with van der Waals surface area (Å²) in [6.07, 6.45) is 4.17. The second-order valence-electron chi connectivity index (χ2n) is 4.67. The zero-order valence-electron chi connectivity index (χ0n) is 11.6. The Labute approximate surface area is 115 Å². The van der Waals surface area contributed by atoms with Crippen molar-refractivity contribution >= 4 is 5.69 Å². The van der Waals surface area contributed by atoms with Crippen molar-refractivity contribution in [1.29, 1.82) is 0 Å². The topological polar surface area (TPSA) is 41.7 Å². The van der Waals surface area contributed by atoms with E-state index in [1.165, 1.54) is 5.69 Å². The fourth-order valence-electron chi connectivity index (χ4n) is 2.38. The van der Waals surface area contributed by atoms with Crippen LogP contribution in [0.1, 0.15) is 0 Å². The van der Waals surface area contributed by atoms with Gasteiger partial charge in [0.1, 0.15) is 5.75 Å². The summed E-state index contributed by atoms with van der Waals surface area (Å²) in [5.74, 6) is 0.957. The van der Waals surface area contributed by atoms with Gasteiger partial charge in [0.15, 0.2) is 0 Å². The predicted molar refractivity (Wildman–Crippen MR) is 79.8 cm³/mol. The summed E-state index contributed by atoms with van der Waals surface area (Å²) in [5.41, 5.74) is 6.64. The Kier molecular flexibility index (Phi) is 5.24. The Morgan fingerprint density at radius 2 is 1.89 bits per heavy atom. The van der Waals surface area contributed by atoms with Gasteiger partial charge < -0.3 is 15.4 Å². The summed E-state index contributed by atoms with van der Waals surface area (Å²) < 4.78 is 5.42. The first-order valence-corrected chi connectivity index (χ1v) is 6.80.